The van der Waals surface area contributed by atoms with E-state index in [1.807, 2.05) is 19.9 Å². The molecule has 0 bridgehead atoms. The molecule has 50 heavy (non-hydrogen) atoms. The summed E-state index contributed by atoms with van der Waals surface area (Å²) in [5.41, 5.74) is 1.44. The van der Waals surface area contributed by atoms with Crippen LogP contribution < -0.4 is 16.0 Å². The molecule has 0 spiro atoms. The number of nitrogens with zero attached hydrogens (tertiary/aromatic N) is 1. The number of pyridine rings is 1. The molecule has 0 aliphatic heterocycles. The third kappa shape index (κ3) is 14.7. The highest BCUT2D eigenvalue weighted by Gasteiger charge is 2.37. The Morgan fingerprint density at radius 1 is 0.780 bits per heavy atom. The SMILES string of the molecule is CCC(CC)(NC(=O)c1ccc(C2CC2)c(Cc2ccc(F)cc2)n1)C(=O)NCCOCCOCCOCCOCCNC(=O)OC(C)(C)C. The lowest BCUT2D eigenvalue weighted by Crippen LogP contribution is -2.58. The lowest BCUT2D eigenvalue weighted by molar-refractivity contribution is -0.128. The van der Waals surface area contributed by atoms with E-state index in [2.05, 4.69) is 16.0 Å². The highest BCUT2D eigenvalue weighted by atomic mass is 19.1. The van der Waals surface area contributed by atoms with E-state index >= 15 is 0 Å². The number of aromatic nitrogens is 1. The molecule has 12 nitrogen and oxygen atoms in total. The number of amides is 3. The van der Waals surface area contributed by atoms with Gasteiger partial charge >= 0.3 is 6.09 Å². The van der Waals surface area contributed by atoms with Crippen molar-refractivity contribution < 1.29 is 42.5 Å². The maximum Gasteiger partial charge on any atom is 0.407 e. The first-order chi connectivity index (χ1) is 24.0. The second kappa shape index (κ2) is 20.9. The van der Waals surface area contributed by atoms with Crippen LogP contribution in [0.5, 0.6) is 0 Å². The Morgan fingerprint density at radius 2 is 1.32 bits per heavy atom. The van der Waals surface area contributed by atoms with Crippen molar-refractivity contribution in [3.8, 4) is 0 Å². The molecule has 0 atom stereocenters. The van der Waals surface area contributed by atoms with E-state index in [0.717, 1.165) is 29.7 Å². The van der Waals surface area contributed by atoms with Gasteiger partial charge < -0.3 is 39.6 Å². The molecule has 0 unspecified atom stereocenters. The van der Waals surface area contributed by atoms with Crippen molar-refractivity contribution in [2.75, 3.05) is 65.9 Å². The van der Waals surface area contributed by atoms with Crippen molar-refractivity contribution >= 4 is 17.9 Å². The quantitative estimate of drug-likeness (QED) is 0.141. The highest BCUT2D eigenvalue weighted by molar-refractivity contribution is 5.98. The van der Waals surface area contributed by atoms with Crippen molar-refractivity contribution in [3.05, 3.63) is 64.7 Å². The summed E-state index contributed by atoms with van der Waals surface area (Å²) in [6, 6.07) is 9.99. The van der Waals surface area contributed by atoms with E-state index in [0.29, 0.717) is 84.6 Å². The van der Waals surface area contributed by atoms with Crippen LogP contribution in [-0.4, -0.2) is 100.0 Å². The molecule has 3 rings (SSSR count). The van der Waals surface area contributed by atoms with Crippen LogP contribution in [0.15, 0.2) is 36.4 Å². The van der Waals surface area contributed by atoms with E-state index in [-0.39, 0.29) is 24.0 Å². The third-order valence-corrected chi connectivity index (χ3v) is 8.10. The van der Waals surface area contributed by atoms with E-state index in [9.17, 15) is 18.8 Å². The van der Waals surface area contributed by atoms with Gasteiger partial charge in [-0.15, -0.1) is 0 Å². The Labute approximate surface area is 295 Å². The van der Waals surface area contributed by atoms with Gasteiger partial charge in [0.15, 0.2) is 0 Å². The molecule has 0 saturated heterocycles. The summed E-state index contributed by atoms with van der Waals surface area (Å²) in [4.78, 5) is 43.0. The number of ether oxygens (including phenoxy) is 5. The molecule has 3 amide bonds. The van der Waals surface area contributed by atoms with Crippen molar-refractivity contribution in [1.82, 2.24) is 20.9 Å². The summed E-state index contributed by atoms with van der Waals surface area (Å²) in [5.74, 6) is -0.562. The standard InChI is InChI=1S/C37H55FN4O8/c1-6-37(7-2,42-33(43)31-15-14-30(28-10-11-28)32(41-31)26-27-8-12-29(38)13-9-27)34(44)39-16-18-46-20-22-48-24-25-49-23-21-47-19-17-40-35(45)50-36(3,4)5/h8-9,12-15,28H,6-7,10-11,16-26H2,1-5H3,(H,39,44)(H,40,45)(H,42,43). The monoisotopic (exact) mass is 702 g/mol. The average Bonchev–Trinajstić information content (AvgIpc) is 3.93. The van der Waals surface area contributed by atoms with Crippen molar-refractivity contribution in [2.24, 2.45) is 0 Å². The average molecular weight is 703 g/mol. The lowest BCUT2D eigenvalue weighted by atomic mass is 9.91. The Kier molecular flexibility index (Phi) is 17.0. The fraction of sp³-hybridized carbons (Fsp3) is 0.622. The van der Waals surface area contributed by atoms with E-state index in [1.165, 1.54) is 12.1 Å². The van der Waals surface area contributed by atoms with Gasteiger partial charge in [0.25, 0.3) is 5.91 Å². The zero-order chi connectivity index (χ0) is 36.4. The predicted octanol–water partition coefficient (Wildman–Crippen LogP) is 4.68. The van der Waals surface area contributed by atoms with Crippen LogP contribution in [0.4, 0.5) is 9.18 Å². The van der Waals surface area contributed by atoms with Gasteiger partial charge in [-0.1, -0.05) is 32.0 Å². The van der Waals surface area contributed by atoms with Crippen molar-refractivity contribution in [3.63, 3.8) is 0 Å². The second-order valence-corrected chi connectivity index (χ2v) is 13.2. The third-order valence-electron chi connectivity index (χ3n) is 8.10. The molecule has 13 heteroatoms. The van der Waals surface area contributed by atoms with Crippen molar-refractivity contribution in [1.29, 1.82) is 0 Å². The summed E-state index contributed by atoms with van der Waals surface area (Å²) in [5, 5.41) is 8.47. The number of benzene rings is 1. The molecule has 1 aromatic carbocycles. The topological polar surface area (TPSA) is 146 Å². The van der Waals surface area contributed by atoms with Gasteiger partial charge in [-0.25, -0.2) is 14.2 Å². The Morgan fingerprint density at radius 3 is 1.84 bits per heavy atom. The summed E-state index contributed by atoms with van der Waals surface area (Å²) in [6.45, 7) is 12.8. The first kappa shape index (κ1) is 40.8. The predicted molar refractivity (Wildman–Crippen MR) is 187 cm³/mol. The van der Waals surface area contributed by atoms with Crippen LogP contribution in [0.25, 0.3) is 0 Å². The van der Waals surface area contributed by atoms with Gasteiger partial charge in [-0.05, 0) is 81.7 Å². The summed E-state index contributed by atoms with van der Waals surface area (Å²) >= 11 is 0. The Balaban J connectivity index is 1.29. The molecule has 1 aliphatic carbocycles. The van der Waals surface area contributed by atoms with E-state index in [1.54, 1.807) is 39.0 Å². The smallest absolute Gasteiger partial charge is 0.407 e. The number of alkyl carbamates (subject to hydrolysis) is 1. The molecule has 1 aliphatic rings. The van der Waals surface area contributed by atoms with Crippen molar-refractivity contribution in [2.45, 2.75) is 83.8 Å². The highest BCUT2D eigenvalue weighted by Crippen LogP contribution is 2.41. The van der Waals surface area contributed by atoms with Crippen LogP contribution in [0.3, 0.4) is 0 Å². The zero-order valence-electron chi connectivity index (χ0n) is 30.2. The minimum Gasteiger partial charge on any atom is -0.444 e. The maximum atomic E-state index is 13.4. The normalized spacial score (nSPS) is 13.2. The molecule has 1 saturated carbocycles. The largest absolute Gasteiger partial charge is 0.444 e. The first-order valence-electron chi connectivity index (χ1n) is 17.6. The van der Waals surface area contributed by atoms with Crippen LogP contribution in [0.2, 0.25) is 0 Å². The summed E-state index contributed by atoms with van der Waals surface area (Å²) in [6.07, 6.45) is 2.99. The van der Waals surface area contributed by atoms with Gasteiger partial charge in [0.05, 0.1) is 52.9 Å². The molecular weight excluding hydrogens is 647 g/mol. The molecule has 1 aromatic heterocycles. The van der Waals surface area contributed by atoms with Crippen LogP contribution in [0, 0.1) is 5.82 Å². The molecule has 278 valence electrons. The van der Waals surface area contributed by atoms with Gasteiger partial charge in [0.2, 0.25) is 5.91 Å². The number of halogens is 1. The van der Waals surface area contributed by atoms with Gasteiger partial charge in [-0.2, -0.15) is 0 Å². The van der Waals surface area contributed by atoms with Crippen LogP contribution in [-0.2, 0) is 34.9 Å². The van der Waals surface area contributed by atoms with E-state index < -0.39 is 23.1 Å². The number of carbonyl (C=O) groups is 3. The zero-order valence-corrected chi connectivity index (χ0v) is 30.2. The molecule has 0 radical (unpaired) electrons. The number of hydrogen-bond donors (Lipinski definition) is 3. The fourth-order valence-electron chi connectivity index (χ4n) is 5.14. The molecular formula is C37H55FN4O8. The second-order valence-electron chi connectivity index (χ2n) is 13.2. The number of nitrogens with one attached hydrogen (secondary N) is 3. The Hall–Kier alpha value is -3.65. The fourth-order valence-corrected chi connectivity index (χ4v) is 5.14. The minimum absolute atomic E-state index is 0.248. The van der Waals surface area contributed by atoms with Crippen LogP contribution >= 0.6 is 0 Å². The molecule has 2 aromatic rings. The summed E-state index contributed by atoms with van der Waals surface area (Å²) in [7, 11) is 0. The van der Waals surface area contributed by atoms with Gasteiger partial charge in [0.1, 0.15) is 22.7 Å². The van der Waals surface area contributed by atoms with Gasteiger partial charge in [-0.3, -0.25) is 9.59 Å². The Bertz CT molecular complexity index is 1340. The maximum absolute atomic E-state index is 13.4. The number of carbonyl (C=O) groups excluding carboxylic acids is 3. The molecule has 1 fully saturated rings. The molecule has 1 heterocycles. The molecule has 3 N–H and O–H groups in total. The first-order valence-corrected chi connectivity index (χ1v) is 17.6. The van der Waals surface area contributed by atoms with Crippen LogP contribution in [0.1, 0.15) is 93.5 Å². The minimum atomic E-state index is -1.10. The number of rotatable bonds is 23. The van der Waals surface area contributed by atoms with Gasteiger partial charge in [0, 0.05) is 25.2 Å². The number of hydrogen-bond acceptors (Lipinski definition) is 9. The van der Waals surface area contributed by atoms with E-state index in [4.69, 9.17) is 28.7 Å². The summed E-state index contributed by atoms with van der Waals surface area (Å²) < 4.78 is 40.6. The lowest BCUT2D eigenvalue weighted by Gasteiger charge is -2.31.